The minimum absolute atomic E-state index is 0.0722. The Morgan fingerprint density at radius 3 is 2.77 bits per heavy atom. The van der Waals surface area contributed by atoms with Crippen LogP contribution in [-0.4, -0.2) is 34.9 Å². The summed E-state index contributed by atoms with van der Waals surface area (Å²) in [4.78, 5) is 25.3. The molecule has 4 rings (SSSR count). The zero-order valence-corrected chi connectivity index (χ0v) is 17.2. The van der Waals surface area contributed by atoms with Crippen molar-refractivity contribution in [2.45, 2.75) is 24.3 Å². The summed E-state index contributed by atoms with van der Waals surface area (Å²) in [5.74, 6) is 1.31. The van der Waals surface area contributed by atoms with Crippen molar-refractivity contribution < 1.29 is 23.5 Å². The SMILES string of the molecule is COc1ccc(-c2nnc([C@H](C)OC(=O)c3ccc4c(c3)NC(=O)CCS4)o2)cc1. The second kappa shape index (κ2) is 8.58. The Balaban J connectivity index is 1.46. The van der Waals surface area contributed by atoms with Crippen molar-refractivity contribution in [1.29, 1.82) is 0 Å². The van der Waals surface area contributed by atoms with Crippen LogP contribution in [0.5, 0.6) is 5.75 Å². The molecule has 9 heteroatoms. The van der Waals surface area contributed by atoms with Gasteiger partial charge in [-0.1, -0.05) is 0 Å². The largest absolute Gasteiger partial charge is 0.497 e. The number of carbonyl (C=O) groups is 2. The maximum Gasteiger partial charge on any atom is 0.338 e. The lowest BCUT2D eigenvalue weighted by molar-refractivity contribution is -0.115. The summed E-state index contributed by atoms with van der Waals surface area (Å²) in [5.41, 5.74) is 1.68. The van der Waals surface area contributed by atoms with Crippen molar-refractivity contribution in [3.8, 4) is 17.2 Å². The van der Waals surface area contributed by atoms with Gasteiger partial charge in [-0.15, -0.1) is 22.0 Å². The third-order valence-corrected chi connectivity index (χ3v) is 5.56. The lowest BCUT2D eigenvalue weighted by atomic mass is 10.2. The molecule has 1 aliphatic heterocycles. The molecule has 8 nitrogen and oxygen atoms in total. The van der Waals surface area contributed by atoms with Gasteiger partial charge in [0.2, 0.25) is 11.8 Å². The van der Waals surface area contributed by atoms with Crippen molar-refractivity contribution in [3.63, 3.8) is 0 Å². The van der Waals surface area contributed by atoms with Gasteiger partial charge < -0.3 is 19.2 Å². The van der Waals surface area contributed by atoms with E-state index in [1.165, 1.54) is 0 Å². The molecule has 0 saturated carbocycles. The minimum atomic E-state index is -0.736. The first-order valence-electron chi connectivity index (χ1n) is 9.29. The van der Waals surface area contributed by atoms with Crippen molar-refractivity contribution in [3.05, 3.63) is 53.9 Å². The fourth-order valence-corrected chi connectivity index (χ4v) is 3.81. The monoisotopic (exact) mass is 425 g/mol. The number of hydrogen-bond donors (Lipinski definition) is 1. The topological polar surface area (TPSA) is 104 Å². The molecule has 30 heavy (non-hydrogen) atoms. The number of esters is 1. The number of hydrogen-bond acceptors (Lipinski definition) is 8. The van der Waals surface area contributed by atoms with Gasteiger partial charge in [0.05, 0.1) is 18.4 Å². The van der Waals surface area contributed by atoms with Crippen LogP contribution in [0, 0.1) is 0 Å². The molecule has 1 N–H and O–H groups in total. The number of anilines is 1. The van der Waals surface area contributed by atoms with Gasteiger partial charge in [-0.2, -0.15) is 0 Å². The van der Waals surface area contributed by atoms with Crippen LogP contribution in [0.25, 0.3) is 11.5 Å². The molecule has 1 aromatic heterocycles. The number of fused-ring (bicyclic) bond motifs is 1. The molecule has 0 spiro atoms. The highest BCUT2D eigenvalue weighted by Crippen LogP contribution is 2.32. The van der Waals surface area contributed by atoms with Crippen LogP contribution in [0.15, 0.2) is 51.8 Å². The number of benzene rings is 2. The highest BCUT2D eigenvalue weighted by molar-refractivity contribution is 7.99. The van der Waals surface area contributed by atoms with Crippen LogP contribution >= 0.6 is 11.8 Å². The first-order chi connectivity index (χ1) is 14.5. The zero-order valence-electron chi connectivity index (χ0n) is 16.4. The number of aromatic nitrogens is 2. The van der Waals surface area contributed by atoms with E-state index in [2.05, 4.69) is 15.5 Å². The van der Waals surface area contributed by atoms with Crippen LogP contribution in [0.1, 0.15) is 35.7 Å². The van der Waals surface area contributed by atoms with E-state index in [0.29, 0.717) is 29.3 Å². The van der Waals surface area contributed by atoms with Gasteiger partial charge in [0.25, 0.3) is 5.89 Å². The predicted molar refractivity (Wildman–Crippen MR) is 111 cm³/mol. The summed E-state index contributed by atoms with van der Waals surface area (Å²) < 4.78 is 16.3. The van der Waals surface area contributed by atoms with Crippen LogP contribution < -0.4 is 10.1 Å². The Kier molecular flexibility index (Phi) is 5.71. The average molecular weight is 425 g/mol. The minimum Gasteiger partial charge on any atom is -0.497 e. The Morgan fingerprint density at radius 2 is 2.00 bits per heavy atom. The third kappa shape index (κ3) is 4.30. The van der Waals surface area contributed by atoms with Crippen LogP contribution in [0.4, 0.5) is 5.69 Å². The van der Waals surface area contributed by atoms with Crippen LogP contribution in [-0.2, 0) is 9.53 Å². The lowest BCUT2D eigenvalue weighted by Crippen LogP contribution is -2.12. The summed E-state index contributed by atoms with van der Waals surface area (Å²) in [6.45, 7) is 1.66. The molecule has 2 aromatic carbocycles. The predicted octanol–water partition coefficient (Wildman–Crippen LogP) is 4.10. The normalized spacial score (nSPS) is 14.3. The van der Waals surface area contributed by atoms with Crippen molar-refractivity contribution in [2.75, 3.05) is 18.2 Å². The number of thioether (sulfide) groups is 1. The highest BCUT2D eigenvalue weighted by Gasteiger charge is 2.22. The number of nitrogens with zero attached hydrogens (tertiary/aromatic N) is 2. The van der Waals surface area contributed by atoms with Crippen LogP contribution in [0.3, 0.4) is 0 Å². The fourth-order valence-electron chi connectivity index (χ4n) is 2.88. The third-order valence-electron chi connectivity index (χ3n) is 4.49. The molecule has 3 aromatic rings. The quantitative estimate of drug-likeness (QED) is 0.610. The van der Waals surface area contributed by atoms with E-state index in [-0.39, 0.29) is 11.8 Å². The first-order valence-corrected chi connectivity index (χ1v) is 10.3. The van der Waals surface area contributed by atoms with Gasteiger partial charge in [-0.05, 0) is 49.4 Å². The standard InChI is InChI=1S/C21H19N3O5S/c1-12(19-23-24-20(29-19)13-3-6-15(27-2)7-4-13)28-21(26)14-5-8-17-16(11-14)22-18(25)9-10-30-17/h3-8,11-12H,9-10H2,1-2H3,(H,22,25)/t12-/m0/s1. The van der Waals surface area contributed by atoms with Gasteiger partial charge in [-0.3, -0.25) is 4.79 Å². The number of carbonyl (C=O) groups excluding carboxylic acids is 2. The zero-order chi connectivity index (χ0) is 21.1. The number of rotatable bonds is 5. The number of ether oxygens (including phenoxy) is 2. The smallest absolute Gasteiger partial charge is 0.338 e. The molecule has 2 heterocycles. The molecule has 154 valence electrons. The summed E-state index contributed by atoms with van der Waals surface area (Å²) in [6.07, 6.45) is -0.302. The molecule has 0 saturated heterocycles. The average Bonchev–Trinajstić information content (AvgIpc) is 3.17. The molecule has 0 unspecified atom stereocenters. The van der Waals surface area contributed by atoms with E-state index >= 15 is 0 Å². The maximum atomic E-state index is 12.6. The summed E-state index contributed by atoms with van der Waals surface area (Å²) in [5, 5.41) is 10.8. The second-order valence-corrected chi connectivity index (χ2v) is 7.72. The Morgan fingerprint density at radius 1 is 1.20 bits per heavy atom. The van der Waals surface area contributed by atoms with E-state index in [4.69, 9.17) is 13.9 Å². The fraction of sp³-hybridized carbons (Fsp3) is 0.238. The number of nitrogens with one attached hydrogen (secondary N) is 1. The number of amides is 1. The van der Waals surface area contributed by atoms with E-state index < -0.39 is 12.1 Å². The summed E-state index contributed by atoms with van der Waals surface area (Å²) >= 11 is 1.57. The molecule has 0 radical (unpaired) electrons. The molecule has 1 aliphatic rings. The number of methoxy groups -OCH3 is 1. The second-order valence-electron chi connectivity index (χ2n) is 6.58. The molecule has 0 aliphatic carbocycles. The van der Waals surface area contributed by atoms with E-state index in [1.807, 2.05) is 0 Å². The van der Waals surface area contributed by atoms with Gasteiger partial charge in [0.15, 0.2) is 6.10 Å². The van der Waals surface area contributed by atoms with Crippen molar-refractivity contribution in [2.24, 2.45) is 0 Å². The molecule has 1 amide bonds. The molecule has 0 fully saturated rings. The lowest BCUT2D eigenvalue weighted by Gasteiger charge is -2.11. The Hall–Kier alpha value is -3.33. The van der Waals surface area contributed by atoms with E-state index in [9.17, 15) is 9.59 Å². The molecular formula is C21H19N3O5S. The summed E-state index contributed by atoms with van der Waals surface area (Å²) in [7, 11) is 1.59. The summed E-state index contributed by atoms with van der Waals surface area (Å²) in [6, 6.07) is 12.3. The highest BCUT2D eigenvalue weighted by atomic mass is 32.2. The van der Waals surface area contributed by atoms with Gasteiger partial charge in [0, 0.05) is 22.6 Å². The van der Waals surface area contributed by atoms with Crippen LogP contribution in [0.2, 0.25) is 0 Å². The Bertz CT molecular complexity index is 1080. The maximum absolute atomic E-state index is 12.6. The first kappa shape index (κ1) is 20.0. The van der Waals surface area contributed by atoms with Crippen molar-refractivity contribution >= 4 is 29.3 Å². The van der Waals surface area contributed by atoms with Crippen molar-refractivity contribution in [1.82, 2.24) is 10.2 Å². The Labute approximate surface area is 177 Å². The van der Waals surface area contributed by atoms with E-state index in [1.54, 1.807) is 68.3 Å². The van der Waals surface area contributed by atoms with E-state index in [0.717, 1.165) is 16.2 Å². The molecular weight excluding hydrogens is 406 g/mol. The molecule has 1 atom stereocenters. The van der Waals surface area contributed by atoms with Gasteiger partial charge >= 0.3 is 5.97 Å². The van der Waals surface area contributed by atoms with Gasteiger partial charge in [0.1, 0.15) is 5.75 Å². The van der Waals surface area contributed by atoms with Gasteiger partial charge in [-0.25, -0.2) is 4.79 Å². The molecule has 0 bridgehead atoms.